The minimum atomic E-state index is -0.109. The predicted molar refractivity (Wildman–Crippen MR) is 62.9 cm³/mol. The van der Waals surface area contributed by atoms with E-state index < -0.39 is 0 Å². The molecule has 1 unspecified atom stereocenters. The second-order valence-electron chi connectivity index (χ2n) is 4.20. The Balaban J connectivity index is 1.86. The number of amides is 1. The van der Waals surface area contributed by atoms with Crippen molar-refractivity contribution in [2.45, 2.75) is 13.0 Å². The summed E-state index contributed by atoms with van der Waals surface area (Å²) in [6, 6.07) is 1.77. The maximum absolute atomic E-state index is 11.9. The molecule has 0 bridgehead atoms. The number of morpholine rings is 1. The molecule has 0 saturated carbocycles. The van der Waals surface area contributed by atoms with Gasteiger partial charge in [-0.15, -0.1) is 0 Å². The Hall–Kier alpha value is -1.40. The third-order valence-electron chi connectivity index (χ3n) is 2.73. The first-order valence-electron chi connectivity index (χ1n) is 5.78. The average molecular weight is 238 g/mol. The molecule has 2 N–H and O–H groups in total. The Morgan fingerprint density at radius 1 is 1.76 bits per heavy atom. The van der Waals surface area contributed by atoms with Gasteiger partial charge in [-0.05, 0) is 13.0 Å². The number of rotatable bonds is 3. The summed E-state index contributed by atoms with van der Waals surface area (Å²) in [6.07, 6.45) is 0.0574. The Labute approximate surface area is 100 Å². The van der Waals surface area contributed by atoms with Crippen molar-refractivity contribution >= 4 is 5.91 Å². The number of nitrogens with one attached hydrogen (secondary N) is 2. The summed E-state index contributed by atoms with van der Waals surface area (Å²) >= 11 is 0. The van der Waals surface area contributed by atoms with Crippen LogP contribution in [0.15, 0.2) is 6.07 Å². The number of carbonyl (C=O) groups excluding carboxylic acids is 1. The standard InChI is InChI=1S/C11H18N4O2/c1-8-5-10(15(2)14-8)11(16)13-7-9-6-12-3-4-17-9/h5,9,12H,3-4,6-7H2,1-2H3,(H,13,16). The molecule has 6 nitrogen and oxygen atoms in total. The number of nitrogens with zero attached hydrogens (tertiary/aromatic N) is 2. The van der Waals surface area contributed by atoms with E-state index in [9.17, 15) is 4.79 Å². The maximum Gasteiger partial charge on any atom is 0.269 e. The van der Waals surface area contributed by atoms with Crippen molar-refractivity contribution in [2.75, 3.05) is 26.2 Å². The van der Waals surface area contributed by atoms with E-state index in [1.165, 1.54) is 0 Å². The van der Waals surface area contributed by atoms with Crippen molar-refractivity contribution in [2.24, 2.45) is 7.05 Å². The number of aromatic nitrogens is 2. The number of aryl methyl sites for hydroxylation is 2. The minimum Gasteiger partial charge on any atom is -0.374 e. The highest BCUT2D eigenvalue weighted by Gasteiger charge is 2.16. The Morgan fingerprint density at radius 2 is 2.59 bits per heavy atom. The smallest absolute Gasteiger partial charge is 0.269 e. The fraction of sp³-hybridized carbons (Fsp3) is 0.636. The van der Waals surface area contributed by atoms with E-state index in [0.717, 1.165) is 18.8 Å². The monoisotopic (exact) mass is 238 g/mol. The molecule has 0 spiro atoms. The van der Waals surface area contributed by atoms with Gasteiger partial charge < -0.3 is 15.4 Å². The van der Waals surface area contributed by atoms with Gasteiger partial charge in [0.1, 0.15) is 5.69 Å². The van der Waals surface area contributed by atoms with Crippen LogP contribution in [0.2, 0.25) is 0 Å². The van der Waals surface area contributed by atoms with Gasteiger partial charge in [-0.2, -0.15) is 5.10 Å². The van der Waals surface area contributed by atoms with Crippen molar-refractivity contribution in [1.82, 2.24) is 20.4 Å². The molecule has 1 saturated heterocycles. The summed E-state index contributed by atoms with van der Waals surface area (Å²) in [4.78, 5) is 11.9. The lowest BCUT2D eigenvalue weighted by molar-refractivity contribution is 0.0286. The largest absolute Gasteiger partial charge is 0.374 e. The van der Waals surface area contributed by atoms with Crippen molar-refractivity contribution in [3.8, 4) is 0 Å². The molecule has 2 heterocycles. The molecule has 1 aliphatic heterocycles. The molecule has 6 heteroatoms. The molecule has 1 amide bonds. The van der Waals surface area contributed by atoms with Gasteiger partial charge >= 0.3 is 0 Å². The number of hydrogen-bond donors (Lipinski definition) is 2. The first kappa shape index (κ1) is 12.1. The highest BCUT2D eigenvalue weighted by Crippen LogP contribution is 2.02. The van der Waals surface area contributed by atoms with Crippen molar-refractivity contribution in [1.29, 1.82) is 0 Å². The minimum absolute atomic E-state index is 0.0574. The molecule has 0 radical (unpaired) electrons. The van der Waals surface area contributed by atoms with Crippen molar-refractivity contribution in [3.05, 3.63) is 17.5 Å². The number of carbonyl (C=O) groups is 1. The molecule has 0 aliphatic carbocycles. The van der Waals surface area contributed by atoms with Crippen LogP contribution >= 0.6 is 0 Å². The van der Waals surface area contributed by atoms with E-state index in [-0.39, 0.29) is 12.0 Å². The van der Waals surface area contributed by atoms with Crippen LogP contribution in [-0.4, -0.2) is 48.0 Å². The SMILES string of the molecule is Cc1cc(C(=O)NCC2CNCCO2)n(C)n1. The van der Waals surface area contributed by atoms with Crippen LogP contribution in [0.25, 0.3) is 0 Å². The fourth-order valence-electron chi connectivity index (χ4n) is 1.87. The molecule has 1 atom stereocenters. The van der Waals surface area contributed by atoms with Gasteiger partial charge in [-0.25, -0.2) is 0 Å². The molecule has 2 rings (SSSR count). The quantitative estimate of drug-likeness (QED) is 0.741. The van der Waals surface area contributed by atoms with E-state index >= 15 is 0 Å². The van der Waals surface area contributed by atoms with Gasteiger partial charge in [-0.3, -0.25) is 9.48 Å². The average Bonchev–Trinajstić information content (AvgIpc) is 2.67. The van der Waals surface area contributed by atoms with E-state index in [0.29, 0.717) is 18.8 Å². The summed E-state index contributed by atoms with van der Waals surface area (Å²) in [7, 11) is 1.76. The first-order valence-corrected chi connectivity index (χ1v) is 5.78. The van der Waals surface area contributed by atoms with Crippen LogP contribution in [0, 0.1) is 6.92 Å². The van der Waals surface area contributed by atoms with Crippen LogP contribution in [0.3, 0.4) is 0 Å². The summed E-state index contributed by atoms with van der Waals surface area (Å²) in [6.45, 7) is 4.75. The number of hydrogen-bond acceptors (Lipinski definition) is 4. The Bertz CT molecular complexity index is 396. The summed E-state index contributed by atoms with van der Waals surface area (Å²) in [5.74, 6) is -0.109. The molecule has 1 aromatic rings. The van der Waals surface area contributed by atoms with Gasteiger partial charge in [0, 0.05) is 26.7 Å². The normalized spacial score (nSPS) is 20.2. The zero-order valence-electron chi connectivity index (χ0n) is 10.2. The third kappa shape index (κ3) is 3.04. The lowest BCUT2D eigenvalue weighted by atomic mass is 10.3. The molecular weight excluding hydrogens is 220 g/mol. The Kier molecular flexibility index (Phi) is 3.75. The van der Waals surface area contributed by atoms with Gasteiger partial charge in [0.05, 0.1) is 18.4 Å². The highest BCUT2D eigenvalue weighted by molar-refractivity contribution is 5.92. The van der Waals surface area contributed by atoms with E-state index in [4.69, 9.17) is 4.74 Å². The van der Waals surface area contributed by atoms with Crippen LogP contribution in [0.5, 0.6) is 0 Å². The first-order chi connectivity index (χ1) is 8.16. The molecule has 94 valence electrons. The molecular formula is C11H18N4O2. The number of ether oxygens (including phenoxy) is 1. The zero-order chi connectivity index (χ0) is 12.3. The molecule has 1 aromatic heterocycles. The summed E-state index contributed by atoms with van der Waals surface area (Å²) in [5.41, 5.74) is 1.42. The topological polar surface area (TPSA) is 68.2 Å². The Morgan fingerprint density at radius 3 is 3.18 bits per heavy atom. The van der Waals surface area contributed by atoms with Gasteiger partial charge in [0.2, 0.25) is 0 Å². The van der Waals surface area contributed by atoms with Crippen LogP contribution < -0.4 is 10.6 Å². The van der Waals surface area contributed by atoms with Crippen molar-refractivity contribution < 1.29 is 9.53 Å². The predicted octanol–water partition coefficient (Wildman–Crippen LogP) is -0.553. The van der Waals surface area contributed by atoms with Crippen LogP contribution in [-0.2, 0) is 11.8 Å². The van der Waals surface area contributed by atoms with Crippen molar-refractivity contribution in [3.63, 3.8) is 0 Å². The molecule has 0 aromatic carbocycles. The third-order valence-corrected chi connectivity index (χ3v) is 2.73. The zero-order valence-corrected chi connectivity index (χ0v) is 10.2. The highest BCUT2D eigenvalue weighted by atomic mass is 16.5. The van der Waals surface area contributed by atoms with Gasteiger partial charge in [0.15, 0.2) is 0 Å². The lowest BCUT2D eigenvalue weighted by Crippen LogP contribution is -2.45. The molecule has 17 heavy (non-hydrogen) atoms. The van der Waals surface area contributed by atoms with Gasteiger partial charge in [-0.1, -0.05) is 0 Å². The summed E-state index contributed by atoms with van der Waals surface area (Å²) in [5, 5.41) is 10.2. The lowest BCUT2D eigenvalue weighted by Gasteiger charge is -2.23. The molecule has 1 fully saturated rings. The van der Waals surface area contributed by atoms with E-state index in [2.05, 4.69) is 15.7 Å². The van der Waals surface area contributed by atoms with E-state index in [1.807, 2.05) is 6.92 Å². The second-order valence-corrected chi connectivity index (χ2v) is 4.20. The molecule has 1 aliphatic rings. The maximum atomic E-state index is 11.9. The van der Waals surface area contributed by atoms with E-state index in [1.54, 1.807) is 17.8 Å². The van der Waals surface area contributed by atoms with Crippen LogP contribution in [0.1, 0.15) is 16.2 Å². The van der Waals surface area contributed by atoms with Gasteiger partial charge in [0.25, 0.3) is 5.91 Å². The fourth-order valence-corrected chi connectivity index (χ4v) is 1.87. The van der Waals surface area contributed by atoms with Crippen LogP contribution in [0.4, 0.5) is 0 Å². The second kappa shape index (κ2) is 5.29. The summed E-state index contributed by atoms with van der Waals surface area (Å²) < 4.78 is 7.09.